The number of hydrogen-bond donors (Lipinski definition) is 1. The minimum absolute atomic E-state index is 0. The monoisotopic (exact) mass is 311 g/mol. The van der Waals surface area contributed by atoms with Crippen molar-refractivity contribution in [3.05, 3.63) is 52.2 Å². The van der Waals surface area contributed by atoms with Gasteiger partial charge in [-0.2, -0.15) is 0 Å². The van der Waals surface area contributed by atoms with Crippen molar-refractivity contribution in [2.24, 2.45) is 0 Å². The molecule has 0 saturated carbocycles. The molecule has 0 aliphatic carbocycles. The molecule has 20 heavy (non-hydrogen) atoms. The largest absolute Gasteiger partial charge is 0.466 e. The molecule has 1 N–H and O–H groups in total. The van der Waals surface area contributed by atoms with Crippen LogP contribution in [0.15, 0.2) is 41.8 Å². The smallest absolute Gasteiger partial charge is 0.310 e. The first-order chi connectivity index (χ1) is 9.28. The predicted molar refractivity (Wildman–Crippen MR) is 85.7 cm³/mol. The second-order valence-electron chi connectivity index (χ2n) is 4.11. The van der Waals surface area contributed by atoms with Gasteiger partial charge in [-0.3, -0.25) is 4.79 Å². The van der Waals surface area contributed by atoms with E-state index < -0.39 is 0 Å². The van der Waals surface area contributed by atoms with Crippen molar-refractivity contribution in [3.63, 3.8) is 0 Å². The molecule has 108 valence electrons. The Morgan fingerprint density at radius 1 is 1.25 bits per heavy atom. The third-order valence-corrected chi connectivity index (χ3v) is 3.53. The molecule has 2 rings (SSSR count). The predicted octanol–water partition coefficient (Wildman–Crippen LogP) is 3.89. The van der Waals surface area contributed by atoms with Crippen LogP contribution in [-0.2, 0) is 22.5 Å². The summed E-state index contributed by atoms with van der Waals surface area (Å²) in [6, 6.07) is 12.0. The molecule has 1 heterocycles. The summed E-state index contributed by atoms with van der Waals surface area (Å²) in [5, 5.41) is 5.42. The summed E-state index contributed by atoms with van der Waals surface area (Å²) in [6.45, 7) is 3.07. The van der Waals surface area contributed by atoms with Crippen LogP contribution in [0, 0.1) is 0 Å². The molecule has 0 fully saturated rings. The normalized spacial score (nSPS) is 9.65. The van der Waals surface area contributed by atoms with Crippen LogP contribution < -0.4 is 5.32 Å². The highest BCUT2D eigenvalue weighted by molar-refractivity contribution is 7.09. The number of benzene rings is 1. The number of hydrogen-bond acceptors (Lipinski definition) is 4. The molecule has 0 spiro atoms. The van der Waals surface area contributed by atoms with E-state index in [4.69, 9.17) is 4.74 Å². The van der Waals surface area contributed by atoms with Crippen molar-refractivity contribution in [1.82, 2.24) is 0 Å². The van der Waals surface area contributed by atoms with E-state index in [-0.39, 0.29) is 18.4 Å². The maximum atomic E-state index is 11.3. The van der Waals surface area contributed by atoms with Gasteiger partial charge in [0, 0.05) is 17.1 Å². The van der Waals surface area contributed by atoms with Gasteiger partial charge in [0.25, 0.3) is 0 Å². The Bertz CT molecular complexity index is 511. The Kier molecular flexibility index (Phi) is 7.12. The molecule has 0 amide bonds. The fourth-order valence-electron chi connectivity index (χ4n) is 1.72. The van der Waals surface area contributed by atoms with Gasteiger partial charge in [0.2, 0.25) is 0 Å². The highest BCUT2D eigenvalue weighted by Crippen LogP contribution is 2.14. The molecule has 0 aliphatic heterocycles. The maximum Gasteiger partial charge on any atom is 0.310 e. The van der Waals surface area contributed by atoms with Gasteiger partial charge in [-0.25, -0.2) is 0 Å². The third kappa shape index (κ3) is 5.23. The number of thiophene rings is 1. The lowest BCUT2D eigenvalue weighted by Crippen LogP contribution is -2.07. The van der Waals surface area contributed by atoms with Crippen molar-refractivity contribution in [2.75, 3.05) is 11.9 Å². The first kappa shape index (κ1) is 16.5. The number of esters is 1. The minimum Gasteiger partial charge on any atom is -0.466 e. The molecule has 1 aromatic carbocycles. The van der Waals surface area contributed by atoms with Crippen LogP contribution in [0.2, 0.25) is 0 Å². The Morgan fingerprint density at radius 2 is 2.00 bits per heavy atom. The second kappa shape index (κ2) is 8.61. The molecule has 3 nitrogen and oxygen atoms in total. The summed E-state index contributed by atoms with van der Waals surface area (Å²) in [4.78, 5) is 12.6. The van der Waals surface area contributed by atoms with Crippen LogP contribution in [0.3, 0.4) is 0 Å². The molecule has 0 saturated heterocycles. The number of carbonyl (C=O) groups is 1. The van der Waals surface area contributed by atoms with Crippen LogP contribution in [-0.4, -0.2) is 12.6 Å². The van der Waals surface area contributed by atoms with E-state index in [0.717, 1.165) is 17.8 Å². The Morgan fingerprint density at radius 3 is 2.60 bits per heavy atom. The number of anilines is 1. The number of rotatable bonds is 6. The van der Waals surface area contributed by atoms with Gasteiger partial charge >= 0.3 is 5.97 Å². The standard InChI is InChI=1S/C15H17NO2S.ClH/c1-2-18-15(17)10-12-5-7-13(8-6-12)16-11-14-4-3-9-19-14;/h3-9,16H,2,10-11H2,1H3;1H. The van der Waals surface area contributed by atoms with E-state index in [1.807, 2.05) is 37.3 Å². The van der Waals surface area contributed by atoms with Crippen LogP contribution in [0.25, 0.3) is 0 Å². The molecule has 0 aliphatic rings. The lowest BCUT2D eigenvalue weighted by molar-refractivity contribution is -0.142. The quantitative estimate of drug-likeness (QED) is 0.823. The van der Waals surface area contributed by atoms with Gasteiger partial charge < -0.3 is 10.1 Å². The summed E-state index contributed by atoms with van der Waals surface area (Å²) in [5.74, 6) is -0.179. The van der Waals surface area contributed by atoms with Gasteiger partial charge in [-0.15, -0.1) is 23.7 Å². The van der Waals surface area contributed by atoms with Crippen molar-refractivity contribution in [2.45, 2.75) is 19.9 Å². The summed E-state index contributed by atoms with van der Waals surface area (Å²) in [5.41, 5.74) is 2.03. The first-order valence-corrected chi connectivity index (χ1v) is 7.16. The zero-order valence-electron chi connectivity index (χ0n) is 11.3. The zero-order chi connectivity index (χ0) is 13.5. The van der Waals surface area contributed by atoms with E-state index in [1.54, 1.807) is 11.3 Å². The van der Waals surface area contributed by atoms with Gasteiger partial charge in [-0.05, 0) is 36.1 Å². The summed E-state index contributed by atoms with van der Waals surface area (Å²) in [6.07, 6.45) is 0.332. The van der Waals surface area contributed by atoms with E-state index in [9.17, 15) is 4.79 Å². The molecular formula is C15H18ClNO2S. The Labute approximate surface area is 129 Å². The van der Waals surface area contributed by atoms with E-state index in [2.05, 4.69) is 16.8 Å². The molecule has 0 unspecified atom stereocenters. The van der Waals surface area contributed by atoms with Crippen LogP contribution in [0.5, 0.6) is 0 Å². The third-order valence-electron chi connectivity index (χ3n) is 2.65. The summed E-state index contributed by atoms with van der Waals surface area (Å²) < 4.78 is 4.92. The van der Waals surface area contributed by atoms with Crippen molar-refractivity contribution >= 4 is 35.4 Å². The van der Waals surface area contributed by atoms with Crippen LogP contribution in [0.1, 0.15) is 17.4 Å². The van der Waals surface area contributed by atoms with E-state index in [0.29, 0.717) is 13.0 Å². The van der Waals surface area contributed by atoms with Crippen molar-refractivity contribution < 1.29 is 9.53 Å². The fourth-order valence-corrected chi connectivity index (χ4v) is 2.37. The molecule has 2 aromatic rings. The van der Waals surface area contributed by atoms with Gasteiger partial charge in [-0.1, -0.05) is 18.2 Å². The average Bonchev–Trinajstić information content (AvgIpc) is 2.91. The lowest BCUT2D eigenvalue weighted by atomic mass is 10.1. The van der Waals surface area contributed by atoms with E-state index in [1.165, 1.54) is 4.88 Å². The highest BCUT2D eigenvalue weighted by Gasteiger charge is 2.03. The van der Waals surface area contributed by atoms with Crippen LogP contribution >= 0.6 is 23.7 Å². The van der Waals surface area contributed by atoms with E-state index >= 15 is 0 Å². The highest BCUT2D eigenvalue weighted by atomic mass is 35.5. The number of nitrogens with one attached hydrogen (secondary N) is 1. The molecular weight excluding hydrogens is 294 g/mol. The molecule has 0 radical (unpaired) electrons. The lowest BCUT2D eigenvalue weighted by Gasteiger charge is -2.06. The first-order valence-electron chi connectivity index (χ1n) is 6.28. The maximum absolute atomic E-state index is 11.3. The molecule has 1 aromatic heterocycles. The summed E-state index contributed by atoms with van der Waals surface area (Å²) in [7, 11) is 0. The molecule has 0 bridgehead atoms. The Balaban J connectivity index is 0.00000200. The topological polar surface area (TPSA) is 38.3 Å². The second-order valence-corrected chi connectivity index (χ2v) is 5.14. The molecule has 0 atom stereocenters. The van der Waals surface area contributed by atoms with Gasteiger partial charge in [0.15, 0.2) is 0 Å². The number of halogens is 1. The average molecular weight is 312 g/mol. The number of ether oxygens (including phenoxy) is 1. The summed E-state index contributed by atoms with van der Waals surface area (Å²) >= 11 is 1.74. The SMILES string of the molecule is CCOC(=O)Cc1ccc(NCc2cccs2)cc1.Cl. The fraction of sp³-hybridized carbons (Fsp3) is 0.267. The number of carbonyl (C=O) groups excluding carboxylic acids is 1. The van der Waals surface area contributed by atoms with Crippen LogP contribution in [0.4, 0.5) is 5.69 Å². The van der Waals surface area contributed by atoms with Crippen molar-refractivity contribution in [3.8, 4) is 0 Å². The minimum atomic E-state index is -0.179. The zero-order valence-corrected chi connectivity index (χ0v) is 12.9. The van der Waals surface area contributed by atoms with Crippen molar-refractivity contribution in [1.29, 1.82) is 0 Å². The van der Waals surface area contributed by atoms with Gasteiger partial charge in [0.05, 0.1) is 13.0 Å². The Hall–Kier alpha value is -1.52. The molecule has 5 heteroatoms. The van der Waals surface area contributed by atoms with Gasteiger partial charge in [0.1, 0.15) is 0 Å².